The molecular weight excluding hydrogens is 332 g/mol. The van der Waals surface area contributed by atoms with Crippen molar-refractivity contribution in [1.82, 2.24) is 0 Å². The predicted octanol–water partition coefficient (Wildman–Crippen LogP) is 5.52. The lowest BCUT2D eigenvalue weighted by atomic mass is 9.92. The number of Topliss-reactive ketones (excluding diaryl/α,β-unsaturated/α-hetero) is 1. The van der Waals surface area contributed by atoms with Gasteiger partial charge in [0.05, 0.1) is 11.4 Å². The van der Waals surface area contributed by atoms with Gasteiger partial charge in [-0.3, -0.25) is 14.8 Å². The van der Waals surface area contributed by atoms with Crippen molar-refractivity contribution < 1.29 is 4.79 Å². The largest absolute Gasteiger partial charge is 0.294 e. The van der Waals surface area contributed by atoms with Gasteiger partial charge in [-0.2, -0.15) is 0 Å². The molecule has 3 heteroatoms. The van der Waals surface area contributed by atoms with Crippen LogP contribution >= 0.6 is 0 Å². The fourth-order valence-electron chi connectivity index (χ4n) is 3.56. The number of nitrogens with zero attached hydrogens (tertiary/aromatic N) is 2. The highest BCUT2D eigenvalue weighted by Crippen LogP contribution is 2.28. The summed E-state index contributed by atoms with van der Waals surface area (Å²) in [6, 6.07) is 16.8. The molecule has 3 nitrogen and oxygen atoms in total. The number of hydrogen-bond donors (Lipinski definition) is 0. The summed E-state index contributed by atoms with van der Waals surface area (Å²) < 4.78 is 0. The van der Waals surface area contributed by atoms with Crippen LogP contribution in [0.2, 0.25) is 0 Å². The number of ketones is 1. The second-order valence-corrected chi connectivity index (χ2v) is 6.68. The Morgan fingerprint density at radius 2 is 1.37 bits per heavy atom. The molecule has 2 heterocycles. The summed E-state index contributed by atoms with van der Waals surface area (Å²) in [6.07, 6.45) is 11.8. The first-order chi connectivity index (χ1) is 13.3. The number of benzene rings is 3. The van der Waals surface area contributed by atoms with E-state index in [0.717, 1.165) is 27.9 Å². The molecule has 0 radical (unpaired) electrons. The molecule has 6 rings (SSSR count). The topological polar surface area (TPSA) is 41.8 Å². The van der Waals surface area contributed by atoms with E-state index in [9.17, 15) is 4.79 Å². The molecule has 128 valence electrons. The lowest BCUT2D eigenvalue weighted by molar-refractivity contribution is 0.0994. The van der Waals surface area contributed by atoms with Crippen LogP contribution in [0.5, 0.6) is 0 Å². The number of aliphatic imine (C=N–C) groups is 2. The number of hydrogen-bond acceptors (Lipinski definition) is 3. The van der Waals surface area contributed by atoms with Crippen LogP contribution in [0.3, 0.4) is 0 Å². The molecule has 0 N–H and O–H groups in total. The average molecular weight is 348 g/mol. The smallest absolute Gasteiger partial charge is 0.167 e. The van der Waals surface area contributed by atoms with Crippen molar-refractivity contribution in [1.29, 1.82) is 0 Å². The molecule has 0 atom stereocenters. The van der Waals surface area contributed by atoms with E-state index in [1.54, 1.807) is 12.4 Å². The van der Waals surface area contributed by atoms with E-state index >= 15 is 0 Å². The Kier molecular flexibility index (Phi) is 3.65. The maximum absolute atomic E-state index is 11.9. The number of allylic oxidation sites excluding steroid dienone is 3. The molecular formula is C24H16N2O. The Labute approximate surface area is 156 Å². The van der Waals surface area contributed by atoms with Gasteiger partial charge in [0.15, 0.2) is 5.78 Å². The van der Waals surface area contributed by atoms with Crippen LogP contribution in [0.1, 0.15) is 22.3 Å². The van der Waals surface area contributed by atoms with Crippen molar-refractivity contribution in [3.8, 4) is 0 Å². The highest BCUT2D eigenvalue weighted by molar-refractivity contribution is 6.08. The highest BCUT2D eigenvalue weighted by Gasteiger charge is 2.14. The van der Waals surface area contributed by atoms with Crippen LogP contribution in [-0.2, 0) is 0 Å². The Bertz CT molecular complexity index is 1230. The number of carbonyl (C=O) groups is 1. The van der Waals surface area contributed by atoms with Gasteiger partial charge in [0.25, 0.3) is 0 Å². The van der Waals surface area contributed by atoms with E-state index in [2.05, 4.69) is 46.4 Å². The fourth-order valence-corrected chi connectivity index (χ4v) is 3.56. The van der Waals surface area contributed by atoms with Gasteiger partial charge in [0.1, 0.15) is 0 Å². The van der Waals surface area contributed by atoms with E-state index in [1.165, 1.54) is 16.2 Å². The molecule has 1 aliphatic carbocycles. The maximum atomic E-state index is 11.9. The Hall–Kier alpha value is -3.59. The third-order valence-corrected chi connectivity index (χ3v) is 4.93. The molecule has 0 unspecified atom stereocenters. The van der Waals surface area contributed by atoms with Crippen molar-refractivity contribution in [2.45, 2.75) is 6.42 Å². The van der Waals surface area contributed by atoms with Crippen molar-refractivity contribution in [3.63, 3.8) is 0 Å². The minimum absolute atomic E-state index is 0.215. The minimum Gasteiger partial charge on any atom is -0.294 e. The first kappa shape index (κ1) is 15.6. The van der Waals surface area contributed by atoms with Gasteiger partial charge < -0.3 is 0 Å². The predicted molar refractivity (Wildman–Crippen MR) is 113 cm³/mol. The van der Waals surface area contributed by atoms with Crippen LogP contribution in [-0.4, -0.2) is 18.2 Å². The summed E-state index contributed by atoms with van der Waals surface area (Å²) in [4.78, 5) is 20.0. The molecule has 0 spiro atoms. The first-order valence-corrected chi connectivity index (χ1v) is 8.93. The summed E-state index contributed by atoms with van der Waals surface area (Å²) in [7, 11) is 0. The third kappa shape index (κ3) is 2.83. The van der Waals surface area contributed by atoms with E-state index in [0.29, 0.717) is 6.42 Å². The zero-order valence-corrected chi connectivity index (χ0v) is 14.6. The third-order valence-electron chi connectivity index (χ3n) is 4.93. The second kappa shape index (κ2) is 6.29. The first-order valence-electron chi connectivity index (χ1n) is 8.93. The van der Waals surface area contributed by atoms with Gasteiger partial charge in [-0.15, -0.1) is 0 Å². The standard InChI is InChI=1S/C18H12O.C6H4N2/c19-18-7-3-6-14-10-15-8-12-4-1-2-5-13(12)9-16(15)11-17(14)18;1-3-7-6-2-4-8-5(1)6/h1-6,8-11H,7H2;1-4H. The summed E-state index contributed by atoms with van der Waals surface area (Å²) in [5.41, 5.74) is 3.87. The molecule has 27 heavy (non-hydrogen) atoms. The molecule has 0 amide bonds. The molecule has 0 fully saturated rings. The molecule has 0 saturated carbocycles. The van der Waals surface area contributed by atoms with Crippen molar-refractivity contribution >= 4 is 45.8 Å². The second-order valence-electron chi connectivity index (χ2n) is 6.68. The van der Waals surface area contributed by atoms with Gasteiger partial charge in [0, 0.05) is 24.4 Å². The molecule has 0 saturated heterocycles. The van der Waals surface area contributed by atoms with Crippen LogP contribution in [0, 0.1) is 0 Å². The summed E-state index contributed by atoms with van der Waals surface area (Å²) in [5, 5.41) is 4.78. The van der Waals surface area contributed by atoms with Crippen molar-refractivity contribution in [2.75, 3.05) is 0 Å². The maximum Gasteiger partial charge on any atom is 0.167 e. The normalized spacial score (nSPS) is 16.1. The van der Waals surface area contributed by atoms with Crippen LogP contribution in [0.25, 0.3) is 27.6 Å². The summed E-state index contributed by atoms with van der Waals surface area (Å²) in [5.74, 6) is 0.215. The van der Waals surface area contributed by atoms with E-state index in [4.69, 9.17) is 0 Å². The van der Waals surface area contributed by atoms with Crippen LogP contribution in [0.15, 0.2) is 88.1 Å². The zero-order valence-electron chi connectivity index (χ0n) is 14.6. The summed E-state index contributed by atoms with van der Waals surface area (Å²) in [6.45, 7) is 0. The average Bonchev–Trinajstić information content (AvgIpc) is 3.31. The van der Waals surface area contributed by atoms with Crippen molar-refractivity contribution in [2.24, 2.45) is 9.98 Å². The molecule has 3 aromatic rings. The van der Waals surface area contributed by atoms with Gasteiger partial charge in [-0.1, -0.05) is 36.4 Å². The van der Waals surface area contributed by atoms with Gasteiger partial charge in [0.2, 0.25) is 0 Å². The lowest BCUT2D eigenvalue weighted by Gasteiger charge is -2.11. The number of carbonyl (C=O) groups excluding carboxylic acids is 1. The Morgan fingerprint density at radius 1 is 0.741 bits per heavy atom. The number of rotatable bonds is 0. The van der Waals surface area contributed by atoms with Crippen LogP contribution < -0.4 is 0 Å². The summed E-state index contributed by atoms with van der Waals surface area (Å²) >= 11 is 0. The van der Waals surface area contributed by atoms with E-state index in [1.807, 2.05) is 36.4 Å². The van der Waals surface area contributed by atoms with Crippen LogP contribution in [0.4, 0.5) is 0 Å². The SMILES string of the molecule is C1=NC2=CC=NC2=C1.O=C1CC=Cc2cc3cc4ccccc4cc3cc21. The molecule has 2 aliphatic heterocycles. The molecule has 3 aromatic carbocycles. The lowest BCUT2D eigenvalue weighted by Crippen LogP contribution is -2.03. The zero-order chi connectivity index (χ0) is 18.2. The Balaban J connectivity index is 0.000000167. The quantitative estimate of drug-likeness (QED) is 0.494. The van der Waals surface area contributed by atoms with Gasteiger partial charge >= 0.3 is 0 Å². The highest BCUT2D eigenvalue weighted by atomic mass is 16.1. The fraction of sp³-hybridized carbons (Fsp3) is 0.0417. The molecule has 3 aliphatic rings. The monoisotopic (exact) mass is 348 g/mol. The van der Waals surface area contributed by atoms with Gasteiger partial charge in [-0.25, -0.2) is 0 Å². The molecule has 0 aromatic heterocycles. The Morgan fingerprint density at radius 3 is 2.04 bits per heavy atom. The van der Waals surface area contributed by atoms with E-state index in [-0.39, 0.29) is 5.78 Å². The number of fused-ring (bicyclic) bond motifs is 4. The van der Waals surface area contributed by atoms with Gasteiger partial charge in [-0.05, 0) is 63.5 Å². The minimum atomic E-state index is 0.215. The molecule has 0 bridgehead atoms. The van der Waals surface area contributed by atoms with E-state index < -0.39 is 0 Å². The van der Waals surface area contributed by atoms with Crippen molar-refractivity contribution in [3.05, 3.63) is 89.3 Å².